The highest BCUT2D eigenvalue weighted by atomic mass is 16.5. The van der Waals surface area contributed by atoms with Crippen molar-refractivity contribution in [3.8, 4) is 0 Å². The molecule has 0 radical (unpaired) electrons. The van der Waals surface area contributed by atoms with Crippen molar-refractivity contribution in [2.75, 3.05) is 26.3 Å². The van der Waals surface area contributed by atoms with Gasteiger partial charge in [-0.2, -0.15) is 0 Å². The van der Waals surface area contributed by atoms with Gasteiger partial charge in [-0.25, -0.2) is 0 Å². The molecule has 0 spiro atoms. The Bertz CT molecular complexity index is 275. The monoisotopic (exact) mass is 268 g/mol. The molecule has 3 N–H and O–H groups in total. The fraction of sp³-hybridized carbons (Fsp3) is 0.933. The van der Waals surface area contributed by atoms with E-state index < -0.39 is 0 Å². The molecule has 2 aliphatic rings. The first kappa shape index (κ1) is 14.8. The van der Waals surface area contributed by atoms with Crippen LogP contribution in [0.4, 0.5) is 0 Å². The second kappa shape index (κ2) is 7.85. The summed E-state index contributed by atoms with van der Waals surface area (Å²) in [5, 5.41) is 3.16. The van der Waals surface area contributed by atoms with Crippen molar-refractivity contribution in [1.29, 1.82) is 0 Å². The van der Waals surface area contributed by atoms with Gasteiger partial charge in [-0.15, -0.1) is 0 Å². The number of hydrogen-bond donors (Lipinski definition) is 2. The van der Waals surface area contributed by atoms with E-state index in [1.54, 1.807) is 0 Å². The summed E-state index contributed by atoms with van der Waals surface area (Å²) in [6.45, 7) is 3.28. The molecule has 1 amide bonds. The standard InChI is InChI=1S/C15H28N2O2/c16-7-4-12-2-1-3-14(10-12)15(18)17-11-13-5-8-19-9-6-13/h12-14H,1-11,16H2,(H,17,18). The van der Waals surface area contributed by atoms with Gasteiger partial charge in [-0.3, -0.25) is 4.79 Å². The van der Waals surface area contributed by atoms with E-state index in [4.69, 9.17) is 10.5 Å². The zero-order chi connectivity index (χ0) is 13.5. The molecule has 4 heteroatoms. The Morgan fingerprint density at radius 1 is 1.16 bits per heavy atom. The molecule has 0 aromatic carbocycles. The molecule has 19 heavy (non-hydrogen) atoms. The lowest BCUT2D eigenvalue weighted by Crippen LogP contribution is -2.38. The van der Waals surface area contributed by atoms with Crippen LogP contribution in [0.25, 0.3) is 0 Å². The highest BCUT2D eigenvalue weighted by Crippen LogP contribution is 2.31. The minimum Gasteiger partial charge on any atom is -0.381 e. The number of rotatable bonds is 5. The first-order chi connectivity index (χ1) is 9.29. The smallest absolute Gasteiger partial charge is 0.223 e. The summed E-state index contributed by atoms with van der Waals surface area (Å²) in [6.07, 6.45) is 7.77. The van der Waals surface area contributed by atoms with E-state index in [0.29, 0.717) is 11.8 Å². The molecule has 1 aliphatic carbocycles. The highest BCUT2D eigenvalue weighted by molar-refractivity contribution is 5.78. The van der Waals surface area contributed by atoms with Gasteiger partial charge in [0.2, 0.25) is 5.91 Å². The molecule has 0 bridgehead atoms. The van der Waals surface area contributed by atoms with Gasteiger partial charge in [-0.1, -0.05) is 12.8 Å². The number of carbonyl (C=O) groups excluding carboxylic acids is 1. The van der Waals surface area contributed by atoms with E-state index in [1.807, 2.05) is 0 Å². The van der Waals surface area contributed by atoms with Crippen molar-refractivity contribution >= 4 is 5.91 Å². The van der Waals surface area contributed by atoms with Crippen LogP contribution in [-0.2, 0) is 9.53 Å². The molecule has 110 valence electrons. The normalized spacial score (nSPS) is 29.1. The highest BCUT2D eigenvalue weighted by Gasteiger charge is 2.27. The Morgan fingerprint density at radius 2 is 1.95 bits per heavy atom. The molecule has 1 heterocycles. The molecule has 0 aromatic rings. The minimum absolute atomic E-state index is 0.227. The van der Waals surface area contributed by atoms with E-state index in [2.05, 4.69) is 5.32 Å². The molecule has 1 saturated heterocycles. The van der Waals surface area contributed by atoms with Crippen LogP contribution in [0.1, 0.15) is 44.9 Å². The maximum Gasteiger partial charge on any atom is 0.223 e. The lowest BCUT2D eigenvalue weighted by molar-refractivity contribution is -0.126. The van der Waals surface area contributed by atoms with Gasteiger partial charge in [0.25, 0.3) is 0 Å². The van der Waals surface area contributed by atoms with Gasteiger partial charge in [0.15, 0.2) is 0 Å². The zero-order valence-corrected chi connectivity index (χ0v) is 11.9. The summed E-state index contributed by atoms with van der Waals surface area (Å²) in [4.78, 5) is 12.2. The van der Waals surface area contributed by atoms with Crippen molar-refractivity contribution in [2.45, 2.75) is 44.9 Å². The van der Waals surface area contributed by atoms with Crippen LogP contribution >= 0.6 is 0 Å². The van der Waals surface area contributed by atoms with Crippen molar-refractivity contribution in [1.82, 2.24) is 5.32 Å². The molecular weight excluding hydrogens is 240 g/mol. The third-order valence-corrected chi connectivity index (χ3v) is 4.63. The molecular formula is C15H28N2O2. The number of ether oxygens (including phenoxy) is 1. The van der Waals surface area contributed by atoms with Crippen molar-refractivity contribution in [2.24, 2.45) is 23.5 Å². The van der Waals surface area contributed by atoms with Crippen LogP contribution < -0.4 is 11.1 Å². The molecule has 2 rings (SSSR count). The van der Waals surface area contributed by atoms with Crippen LogP contribution in [0.5, 0.6) is 0 Å². The fourth-order valence-corrected chi connectivity index (χ4v) is 3.37. The quantitative estimate of drug-likeness (QED) is 0.797. The largest absolute Gasteiger partial charge is 0.381 e. The summed E-state index contributed by atoms with van der Waals surface area (Å²) in [7, 11) is 0. The SMILES string of the molecule is NCCC1CCCC(C(=O)NCC2CCOCC2)C1. The summed E-state index contributed by atoms with van der Waals surface area (Å²) in [5.74, 6) is 1.78. The molecule has 2 atom stereocenters. The van der Waals surface area contributed by atoms with E-state index in [1.165, 1.54) is 12.8 Å². The number of nitrogens with two attached hydrogens (primary N) is 1. The second-order valence-corrected chi connectivity index (χ2v) is 6.11. The van der Waals surface area contributed by atoms with E-state index in [-0.39, 0.29) is 11.8 Å². The second-order valence-electron chi connectivity index (χ2n) is 6.11. The topological polar surface area (TPSA) is 64.4 Å². The minimum atomic E-state index is 0.227. The van der Waals surface area contributed by atoms with E-state index >= 15 is 0 Å². The molecule has 2 fully saturated rings. The summed E-state index contributed by atoms with van der Waals surface area (Å²) >= 11 is 0. The Balaban J connectivity index is 1.69. The molecule has 4 nitrogen and oxygen atoms in total. The molecule has 1 saturated carbocycles. The number of carbonyl (C=O) groups is 1. The average molecular weight is 268 g/mol. The summed E-state index contributed by atoms with van der Waals surface area (Å²) in [6, 6.07) is 0. The zero-order valence-electron chi connectivity index (χ0n) is 11.9. The van der Waals surface area contributed by atoms with Gasteiger partial charge in [0, 0.05) is 25.7 Å². The molecule has 0 aromatic heterocycles. The van der Waals surface area contributed by atoms with Crippen LogP contribution in [0.2, 0.25) is 0 Å². The van der Waals surface area contributed by atoms with Gasteiger partial charge >= 0.3 is 0 Å². The average Bonchev–Trinajstić information content (AvgIpc) is 2.46. The van der Waals surface area contributed by atoms with E-state index in [9.17, 15) is 4.79 Å². The van der Waals surface area contributed by atoms with Crippen LogP contribution in [0.3, 0.4) is 0 Å². The van der Waals surface area contributed by atoms with Gasteiger partial charge < -0.3 is 15.8 Å². The van der Waals surface area contributed by atoms with Gasteiger partial charge in [0.05, 0.1) is 0 Å². The third kappa shape index (κ3) is 4.77. The number of hydrogen-bond acceptors (Lipinski definition) is 3. The van der Waals surface area contributed by atoms with Crippen molar-refractivity contribution < 1.29 is 9.53 Å². The molecule has 1 aliphatic heterocycles. The van der Waals surface area contributed by atoms with Crippen LogP contribution in [-0.4, -0.2) is 32.2 Å². The van der Waals surface area contributed by atoms with Crippen molar-refractivity contribution in [3.05, 3.63) is 0 Å². The fourth-order valence-electron chi connectivity index (χ4n) is 3.37. The lowest BCUT2D eigenvalue weighted by atomic mass is 9.79. The maximum atomic E-state index is 12.2. The first-order valence-corrected chi connectivity index (χ1v) is 7.85. The van der Waals surface area contributed by atoms with Gasteiger partial charge in [0.1, 0.15) is 0 Å². The Hall–Kier alpha value is -0.610. The number of amides is 1. The summed E-state index contributed by atoms with van der Waals surface area (Å²) < 4.78 is 5.34. The lowest BCUT2D eigenvalue weighted by Gasteiger charge is -2.29. The van der Waals surface area contributed by atoms with Crippen LogP contribution in [0.15, 0.2) is 0 Å². The van der Waals surface area contributed by atoms with Crippen molar-refractivity contribution in [3.63, 3.8) is 0 Å². The van der Waals surface area contributed by atoms with E-state index in [0.717, 1.165) is 58.4 Å². The van der Waals surface area contributed by atoms with Gasteiger partial charge in [-0.05, 0) is 50.5 Å². The predicted octanol–water partition coefficient (Wildman–Crippen LogP) is 1.68. The third-order valence-electron chi connectivity index (χ3n) is 4.63. The first-order valence-electron chi connectivity index (χ1n) is 7.85. The molecule has 2 unspecified atom stereocenters. The maximum absolute atomic E-state index is 12.2. The predicted molar refractivity (Wildman–Crippen MR) is 75.7 cm³/mol. The Labute approximate surface area is 116 Å². The van der Waals surface area contributed by atoms with Crippen LogP contribution in [0, 0.1) is 17.8 Å². The Morgan fingerprint density at radius 3 is 2.68 bits per heavy atom. The summed E-state index contributed by atoms with van der Waals surface area (Å²) in [5.41, 5.74) is 5.62. The Kier molecular flexibility index (Phi) is 6.11. The number of nitrogens with one attached hydrogen (secondary N) is 1.